The van der Waals surface area contributed by atoms with Crippen LogP contribution < -0.4 is 4.74 Å². The van der Waals surface area contributed by atoms with Gasteiger partial charge in [-0.1, -0.05) is 18.2 Å². The summed E-state index contributed by atoms with van der Waals surface area (Å²) in [4.78, 5) is 15.2. The second-order valence-electron chi connectivity index (χ2n) is 4.23. The van der Waals surface area contributed by atoms with Gasteiger partial charge in [0.05, 0.1) is 25.3 Å². The zero-order chi connectivity index (χ0) is 13.4. The van der Waals surface area contributed by atoms with E-state index in [1.165, 1.54) is 7.11 Å². The number of benzene rings is 2. The van der Waals surface area contributed by atoms with Crippen molar-refractivity contribution in [2.75, 3.05) is 14.2 Å². The first-order valence-corrected chi connectivity index (χ1v) is 5.92. The van der Waals surface area contributed by atoms with Gasteiger partial charge in [-0.25, -0.2) is 4.79 Å². The fourth-order valence-corrected chi connectivity index (χ4v) is 2.38. The Kier molecular flexibility index (Phi) is 2.63. The maximum atomic E-state index is 11.9. The minimum Gasteiger partial charge on any atom is -0.495 e. The van der Waals surface area contributed by atoms with E-state index in [0.29, 0.717) is 11.3 Å². The first-order valence-electron chi connectivity index (χ1n) is 5.92. The van der Waals surface area contributed by atoms with E-state index in [9.17, 15) is 4.79 Å². The number of methoxy groups -OCH3 is 2. The zero-order valence-electron chi connectivity index (χ0n) is 10.7. The molecule has 0 amide bonds. The highest BCUT2D eigenvalue weighted by molar-refractivity contribution is 6.17. The minimum absolute atomic E-state index is 0.350. The van der Waals surface area contributed by atoms with E-state index in [0.717, 1.165) is 21.8 Å². The van der Waals surface area contributed by atoms with E-state index in [-0.39, 0.29) is 5.97 Å². The van der Waals surface area contributed by atoms with Gasteiger partial charge in [-0.2, -0.15) is 0 Å². The summed E-state index contributed by atoms with van der Waals surface area (Å²) in [5, 5.41) is 1.82. The number of H-pyrrole nitrogens is 1. The Morgan fingerprint density at radius 1 is 1.11 bits per heavy atom. The summed E-state index contributed by atoms with van der Waals surface area (Å²) in [5.74, 6) is 0.358. The molecule has 0 aliphatic carbocycles. The average molecular weight is 255 g/mol. The van der Waals surface area contributed by atoms with E-state index in [1.54, 1.807) is 19.2 Å². The zero-order valence-corrected chi connectivity index (χ0v) is 10.7. The number of aromatic nitrogens is 1. The summed E-state index contributed by atoms with van der Waals surface area (Å²) in [6.45, 7) is 0. The molecule has 0 aliphatic heterocycles. The third-order valence-corrected chi connectivity index (χ3v) is 3.25. The fraction of sp³-hybridized carbons (Fsp3) is 0.133. The van der Waals surface area contributed by atoms with Crippen LogP contribution in [0.4, 0.5) is 0 Å². The lowest BCUT2D eigenvalue weighted by molar-refractivity contribution is 0.0603. The standard InChI is InChI=1S/C15H13NO3/c1-18-12-8-7-10(15(17)19-2)13-9-5-3-4-6-11(9)16-14(12)13/h3-8,16H,1-2H3. The molecule has 4 heteroatoms. The van der Waals surface area contributed by atoms with Gasteiger partial charge in [0.25, 0.3) is 0 Å². The SMILES string of the molecule is COC(=O)c1ccc(OC)c2[nH]c3ccccc3c12. The van der Waals surface area contributed by atoms with Gasteiger partial charge in [-0.05, 0) is 18.2 Å². The van der Waals surface area contributed by atoms with E-state index in [2.05, 4.69) is 4.98 Å². The highest BCUT2D eigenvalue weighted by Gasteiger charge is 2.17. The number of nitrogens with one attached hydrogen (secondary N) is 1. The van der Waals surface area contributed by atoms with Crippen LogP contribution in [-0.4, -0.2) is 25.2 Å². The van der Waals surface area contributed by atoms with Crippen LogP contribution in [0.15, 0.2) is 36.4 Å². The number of rotatable bonds is 2. The average Bonchev–Trinajstić information content (AvgIpc) is 2.85. The number of carbonyl (C=O) groups excluding carboxylic acids is 1. The van der Waals surface area contributed by atoms with Crippen molar-refractivity contribution >= 4 is 27.8 Å². The maximum absolute atomic E-state index is 11.9. The molecule has 3 rings (SSSR count). The normalized spacial score (nSPS) is 10.8. The number of ether oxygens (including phenoxy) is 2. The highest BCUT2D eigenvalue weighted by atomic mass is 16.5. The molecule has 19 heavy (non-hydrogen) atoms. The summed E-state index contributed by atoms with van der Waals surface area (Å²) in [5.41, 5.74) is 2.31. The van der Waals surface area contributed by atoms with Crippen LogP contribution in [0.2, 0.25) is 0 Å². The highest BCUT2D eigenvalue weighted by Crippen LogP contribution is 2.34. The Labute approximate surface area is 109 Å². The Bertz CT molecular complexity index is 774. The van der Waals surface area contributed by atoms with Gasteiger partial charge in [-0.15, -0.1) is 0 Å². The summed E-state index contributed by atoms with van der Waals surface area (Å²) in [7, 11) is 2.99. The molecule has 2 aromatic carbocycles. The molecule has 0 fully saturated rings. The Hall–Kier alpha value is -2.49. The van der Waals surface area contributed by atoms with Crippen molar-refractivity contribution in [3.05, 3.63) is 42.0 Å². The fourth-order valence-electron chi connectivity index (χ4n) is 2.38. The first kappa shape index (κ1) is 11.6. The number of hydrogen-bond acceptors (Lipinski definition) is 3. The van der Waals surface area contributed by atoms with Crippen molar-refractivity contribution in [1.82, 2.24) is 4.98 Å². The second-order valence-corrected chi connectivity index (χ2v) is 4.23. The molecule has 0 saturated heterocycles. The quantitative estimate of drug-likeness (QED) is 0.716. The van der Waals surface area contributed by atoms with Crippen LogP contribution in [0.3, 0.4) is 0 Å². The Balaban J connectivity index is 2.49. The molecule has 0 unspecified atom stereocenters. The number of para-hydroxylation sites is 1. The van der Waals surface area contributed by atoms with Gasteiger partial charge in [0.15, 0.2) is 0 Å². The molecular weight excluding hydrogens is 242 g/mol. The van der Waals surface area contributed by atoms with Crippen LogP contribution >= 0.6 is 0 Å². The summed E-state index contributed by atoms with van der Waals surface area (Å²) in [6.07, 6.45) is 0. The van der Waals surface area contributed by atoms with Crippen LogP contribution in [0, 0.1) is 0 Å². The Morgan fingerprint density at radius 3 is 2.63 bits per heavy atom. The molecule has 1 N–H and O–H groups in total. The predicted octanol–water partition coefficient (Wildman–Crippen LogP) is 3.12. The van der Waals surface area contributed by atoms with Crippen molar-refractivity contribution in [2.24, 2.45) is 0 Å². The lowest BCUT2D eigenvalue weighted by Gasteiger charge is -2.05. The van der Waals surface area contributed by atoms with E-state index in [1.807, 2.05) is 24.3 Å². The van der Waals surface area contributed by atoms with Crippen molar-refractivity contribution < 1.29 is 14.3 Å². The molecule has 0 spiro atoms. The van der Waals surface area contributed by atoms with Crippen LogP contribution in [0.25, 0.3) is 21.8 Å². The predicted molar refractivity (Wildman–Crippen MR) is 73.7 cm³/mol. The minimum atomic E-state index is -0.350. The summed E-state index contributed by atoms with van der Waals surface area (Å²) < 4.78 is 10.2. The number of aromatic amines is 1. The molecule has 0 bridgehead atoms. The van der Waals surface area contributed by atoms with Gasteiger partial charge in [0.2, 0.25) is 0 Å². The van der Waals surface area contributed by atoms with Gasteiger partial charge in [0.1, 0.15) is 5.75 Å². The topological polar surface area (TPSA) is 51.3 Å². The monoisotopic (exact) mass is 255 g/mol. The van der Waals surface area contributed by atoms with Crippen molar-refractivity contribution in [2.45, 2.75) is 0 Å². The van der Waals surface area contributed by atoms with E-state index >= 15 is 0 Å². The largest absolute Gasteiger partial charge is 0.495 e. The van der Waals surface area contributed by atoms with Crippen LogP contribution in [0.1, 0.15) is 10.4 Å². The van der Waals surface area contributed by atoms with Crippen molar-refractivity contribution in [3.8, 4) is 5.75 Å². The molecule has 0 saturated carbocycles. The lowest BCUT2D eigenvalue weighted by Crippen LogP contribution is -2.02. The number of hydrogen-bond donors (Lipinski definition) is 1. The smallest absolute Gasteiger partial charge is 0.338 e. The third-order valence-electron chi connectivity index (χ3n) is 3.25. The van der Waals surface area contributed by atoms with Gasteiger partial charge in [0, 0.05) is 16.3 Å². The van der Waals surface area contributed by atoms with Crippen molar-refractivity contribution in [1.29, 1.82) is 0 Å². The molecule has 0 atom stereocenters. The van der Waals surface area contributed by atoms with Gasteiger partial charge >= 0.3 is 5.97 Å². The third kappa shape index (κ3) is 1.64. The number of fused-ring (bicyclic) bond motifs is 3. The van der Waals surface area contributed by atoms with Crippen LogP contribution in [0.5, 0.6) is 5.75 Å². The maximum Gasteiger partial charge on any atom is 0.338 e. The first-order chi connectivity index (χ1) is 9.26. The van der Waals surface area contributed by atoms with Gasteiger partial charge < -0.3 is 14.5 Å². The summed E-state index contributed by atoms with van der Waals surface area (Å²) in [6, 6.07) is 11.3. The number of carbonyl (C=O) groups is 1. The molecule has 1 aromatic heterocycles. The second kappa shape index (κ2) is 4.31. The number of esters is 1. The van der Waals surface area contributed by atoms with E-state index in [4.69, 9.17) is 9.47 Å². The molecule has 96 valence electrons. The lowest BCUT2D eigenvalue weighted by atomic mass is 10.1. The van der Waals surface area contributed by atoms with Gasteiger partial charge in [-0.3, -0.25) is 0 Å². The Morgan fingerprint density at radius 2 is 1.89 bits per heavy atom. The molecular formula is C15H13NO3. The van der Waals surface area contributed by atoms with E-state index < -0.39 is 0 Å². The van der Waals surface area contributed by atoms with Crippen molar-refractivity contribution in [3.63, 3.8) is 0 Å². The molecule has 4 nitrogen and oxygen atoms in total. The molecule has 0 radical (unpaired) electrons. The van der Waals surface area contributed by atoms with Crippen LogP contribution in [-0.2, 0) is 4.74 Å². The molecule has 1 heterocycles. The molecule has 0 aliphatic rings. The summed E-state index contributed by atoms with van der Waals surface area (Å²) >= 11 is 0. The molecule has 3 aromatic rings.